The number of thioether (sulfide) groups is 1. The van der Waals surface area contributed by atoms with Gasteiger partial charge in [0.25, 0.3) is 0 Å². The molecule has 0 aliphatic carbocycles. The van der Waals surface area contributed by atoms with Crippen molar-refractivity contribution in [2.45, 2.75) is 17.3 Å². The van der Waals surface area contributed by atoms with Crippen molar-refractivity contribution < 1.29 is 9.90 Å². The number of aromatic nitrogens is 2. The van der Waals surface area contributed by atoms with Crippen molar-refractivity contribution in [1.82, 2.24) is 9.97 Å². The number of hydrogen-bond donors (Lipinski definition) is 0. The first-order valence-corrected chi connectivity index (χ1v) is 8.35. The maximum absolute atomic E-state index is 11.6. The summed E-state index contributed by atoms with van der Waals surface area (Å²) in [5, 5.41) is 11.1. The normalized spacial score (nSPS) is 11.9. The van der Waals surface area contributed by atoms with Crippen LogP contribution in [0.25, 0.3) is 11.3 Å². The van der Waals surface area contributed by atoms with E-state index in [9.17, 15) is 9.90 Å². The van der Waals surface area contributed by atoms with E-state index in [1.54, 1.807) is 24.3 Å². The summed E-state index contributed by atoms with van der Waals surface area (Å²) in [5.74, 6) is -1.16. The highest BCUT2D eigenvalue weighted by Crippen LogP contribution is 2.33. The molecule has 0 saturated heterocycles. The number of carboxylic acids is 1. The van der Waals surface area contributed by atoms with Crippen LogP contribution in [0.1, 0.15) is 16.5 Å². The van der Waals surface area contributed by atoms with E-state index in [1.165, 1.54) is 0 Å². The first kappa shape index (κ1) is 16.2. The predicted octanol–water partition coefficient (Wildman–Crippen LogP) is 3.04. The van der Waals surface area contributed by atoms with E-state index >= 15 is 0 Å². The SMILES string of the molecule is Cc1cc(-c2ccccc2)nc(S[C@H](C(=O)[O-])c2ccccc2)n1. The fraction of sp³-hybridized carbons (Fsp3) is 0.105. The summed E-state index contributed by atoms with van der Waals surface area (Å²) in [6, 6.07) is 20.6. The summed E-state index contributed by atoms with van der Waals surface area (Å²) in [5.41, 5.74) is 3.19. The minimum Gasteiger partial charge on any atom is -0.549 e. The lowest BCUT2D eigenvalue weighted by Gasteiger charge is -2.17. The molecule has 0 amide bonds. The molecule has 2 aromatic carbocycles. The molecule has 3 rings (SSSR count). The first-order valence-electron chi connectivity index (χ1n) is 7.47. The van der Waals surface area contributed by atoms with Crippen molar-refractivity contribution in [3.05, 3.63) is 78.0 Å². The van der Waals surface area contributed by atoms with Crippen molar-refractivity contribution in [3.63, 3.8) is 0 Å². The smallest absolute Gasteiger partial charge is 0.189 e. The molecule has 1 atom stereocenters. The second kappa shape index (κ2) is 7.27. The van der Waals surface area contributed by atoms with Crippen molar-refractivity contribution >= 4 is 17.7 Å². The minimum absolute atomic E-state index is 0.423. The van der Waals surface area contributed by atoms with Crippen LogP contribution in [-0.2, 0) is 4.79 Å². The molecule has 0 aliphatic rings. The van der Waals surface area contributed by atoms with Gasteiger partial charge in [-0.05, 0) is 18.6 Å². The zero-order valence-electron chi connectivity index (χ0n) is 13.0. The lowest BCUT2D eigenvalue weighted by molar-refractivity contribution is -0.305. The Kier molecular flexibility index (Phi) is 4.91. The lowest BCUT2D eigenvalue weighted by Crippen LogP contribution is -2.28. The molecule has 0 spiro atoms. The van der Waals surface area contributed by atoms with E-state index in [1.807, 2.05) is 49.4 Å². The van der Waals surface area contributed by atoms with Crippen molar-refractivity contribution in [2.75, 3.05) is 0 Å². The first-order chi connectivity index (χ1) is 11.6. The molecule has 0 saturated carbocycles. The fourth-order valence-corrected chi connectivity index (χ4v) is 3.28. The molecule has 0 bridgehead atoms. The third-order valence-corrected chi connectivity index (χ3v) is 4.54. The van der Waals surface area contributed by atoms with Crippen LogP contribution in [0.3, 0.4) is 0 Å². The quantitative estimate of drug-likeness (QED) is 0.530. The molecule has 1 heterocycles. The van der Waals surface area contributed by atoms with E-state index in [0.29, 0.717) is 10.7 Å². The number of aryl methyl sites for hydroxylation is 1. The number of hydrogen-bond acceptors (Lipinski definition) is 5. The highest BCUT2D eigenvalue weighted by Gasteiger charge is 2.17. The standard InChI is InChI=1S/C19H16N2O2S/c1-13-12-16(14-8-4-2-5-9-14)21-19(20-13)24-17(18(22)23)15-10-6-3-7-11-15/h2-12,17H,1H3,(H,22,23)/p-1/t17-/m0/s1. The number of carboxylic acid groups (broad SMARTS) is 1. The third kappa shape index (κ3) is 3.81. The van der Waals surface area contributed by atoms with Gasteiger partial charge < -0.3 is 9.90 Å². The van der Waals surface area contributed by atoms with E-state index in [4.69, 9.17) is 0 Å². The second-order valence-electron chi connectivity index (χ2n) is 5.27. The van der Waals surface area contributed by atoms with E-state index in [0.717, 1.165) is 28.7 Å². The molecule has 120 valence electrons. The lowest BCUT2D eigenvalue weighted by atomic mass is 10.1. The highest BCUT2D eigenvalue weighted by molar-refractivity contribution is 8.00. The maximum Gasteiger partial charge on any atom is 0.189 e. The van der Waals surface area contributed by atoms with E-state index in [2.05, 4.69) is 9.97 Å². The predicted molar refractivity (Wildman–Crippen MR) is 92.3 cm³/mol. The number of aliphatic carboxylic acids is 1. The topological polar surface area (TPSA) is 65.9 Å². The Balaban J connectivity index is 1.94. The highest BCUT2D eigenvalue weighted by atomic mass is 32.2. The summed E-state index contributed by atoms with van der Waals surface area (Å²) in [7, 11) is 0. The monoisotopic (exact) mass is 335 g/mol. The van der Waals surface area contributed by atoms with Gasteiger partial charge in [0.1, 0.15) is 0 Å². The average Bonchev–Trinajstić information content (AvgIpc) is 2.60. The van der Waals surface area contributed by atoms with Gasteiger partial charge in [0, 0.05) is 11.3 Å². The molecule has 4 nitrogen and oxygen atoms in total. The summed E-state index contributed by atoms with van der Waals surface area (Å²) < 4.78 is 0. The number of nitrogens with zero attached hydrogens (tertiary/aromatic N) is 2. The largest absolute Gasteiger partial charge is 0.549 e. The molecule has 5 heteroatoms. The fourth-order valence-electron chi connectivity index (χ4n) is 2.34. The zero-order chi connectivity index (χ0) is 16.9. The number of benzene rings is 2. The van der Waals surface area contributed by atoms with Gasteiger partial charge in [0.2, 0.25) is 0 Å². The van der Waals surface area contributed by atoms with Crippen LogP contribution >= 0.6 is 11.8 Å². The molecule has 3 aromatic rings. The van der Waals surface area contributed by atoms with Crippen molar-refractivity contribution in [1.29, 1.82) is 0 Å². The van der Waals surface area contributed by atoms with Crippen LogP contribution in [0.5, 0.6) is 0 Å². The van der Waals surface area contributed by atoms with Gasteiger partial charge in [-0.15, -0.1) is 0 Å². The molecule has 0 unspecified atom stereocenters. The van der Waals surface area contributed by atoms with Gasteiger partial charge in [-0.25, -0.2) is 9.97 Å². The summed E-state index contributed by atoms with van der Waals surface area (Å²) >= 11 is 1.09. The Hall–Kier alpha value is -2.66. The average molecular weight is 335 g/mol. The van der Waals surface area contributed by atoms with Crippen LogP contribution in [0.15, 0.2) is 71.9 Å². The molecule has 1 aromatic heterocycles. The Morgan fingerprint density at radius 1 is 1.00 bits per heavy atom. The van der Waals surface area contributed by atoms with Gasteiger partial charge in [-0.1, -0.05) is 72.4 Å². The maximum atomic E-state index is 11.6. The second-order valence-corrected chi connectivity index (χ2v) is 6.34. The summed E-state index contributed by atoms with van der Waals surface area (Å²) in [6.45, 7) is 1.87. The third-order valence-electron chi connectivity index (χ3n) is 3.44. The Labute approximate surface area is 144 Å². The number of carbonyl (C=O) groups is 1. The van der Waals surface area contributed by atoms with Gasteiger partial charge in [-0.2, -0.15) is 0 Å². The summed E-state index contributed by atoms with van der Waals surface area (Å²) in [4.78, 5) is 20.4. The van der Waals surface area contributed by atoms with Crippen LogP contribution in [-0.4, -0.2) is 15.9 Å². The van der Waals surface area contributed by atoms with Crippen molar-refractivity contribution in [3.8, 4) is 11.3 Å². The van der Waals surface area contributed by atoms with E-state index in [-0.39, 0.29) is 0 Å². The van der Waals surface area contributed by atoms with Crippen molar-refractivity contribution in [2.24, 2.45) is 0 Å². The molecule has 0 aliphatic heterocycles. The van der Waals surface area contributed by atoms with Gasteiger partial charge in [0.05, 0.1) is 16.9 Å². The van der Waals surface area contributed by atoms with Gasteiger partial charge in [-0.3, -0.25) is 0 Å². The Morgan fingerprint density at radius 3 is 2.25 bits per heavy atom. The molecule has 0 N–H and O–H groups in total. The Morgan fingerprint density at radius 2 is 1.62 bits per heavy atom. The molecule has 0 fully saturated rings. The molecule has 0 radical (unpaired) electrons. The summed E-state index contributed by atoms with van der Waals surface area (Å²) in [6.07, 6.45) is 0. The number of carbonyl (C=O) groups excluding carboxylic acids is 1. The minimum atomic E-state index is -1.16. The van der Waals surface area contributed by atoms with Crippen LogP contribution in [0, 0.1) is 6.92 Å². The van der Waals surface area contributed by atoms with Gasteiger partial charge >= 0.3 is 0 Å². The van der Waals surface area contributed by atoms with Crippen LogP contribution in [0.4, 0.5) is 0 Å². The van der Waals surface area contributed by atoms with Crippen LogP contribution < -0.4 is 5.11 Å². The molecule has 24 heavy (non-hydrogen) atoms. The van der Waals surface area contributed by atoms with Crippen LogP contribution in [0.2, 0.25) is 0 Å². The zero-order valence-corrected chi connectivity index (χ0v) is 13.9. The number of rotatable bonds is 5. The van der Waals surface area contributed by atoms with E-state index < -0.39 is 11.2 Å². The van der Waals surface area contributed by atoms with Gasteiger partial charge in [0.15, 0.2) is 5.16 Å². The molecular formula is C19H15N2O2S-. The Bertz CT molecular complexity index is 839. The molecular weight excluding hydrogens is 320 g/mol.